The molecule has 1 aromatic heterocycles. The van der Waals surface area contributed by atoms with E-state index in [2.05, 4.69) is 20.8 Å². The molecule has 0 saturated carbocycles. The number of amides is 1. The molecule has 1 saturated heterocycles. The largest absolute Gasteiger partial charge is 0.497 e. The third-order valence-electron chi connectivity index (χ3n) is 5.37. The minimum absolute atomic E-state index is 0.123. The molecule has 170 valence electrons. The zero-order valence-corrected chi connectivity index (χ0v) is 20.6. The van der Waals surface area contributed by atoms with Crippen molar-refractivity contribution in [3.63, 3.8) is 0 Å². The van der Waals surface area contributed by atoms with Crippen LogP contribution in [0, 0.1) is 0 Å². The average Bonchev–Trinajstić information content (AvgIpc) is 3.24. The standard InChI is InChI=1S/C23H26BrN3O4S/c1-29-18-12-16(13-19(15-18)30-2)22(28)27(7-3-6-26-8-10-31-11-9-26)23-25-20-5-4-17(24)14-21(20)32-23/h4-5,12-15H,3,6-11H2,1-2H3. The second-order valence-corrected chi connectivity index (χ2v) is 9.40. The molecule has 0 bridgehead atoms. The summed E-state index contributed by atoms with van der Waals surface area (Å²) in [6, 6.07) is 11.2. The van der Waals surface area contributed by atoms with E-state index in [1.807, 2.05) is 18.2 Å². The van der Waals surface area contributed by atoms with Gasteiger partial charge in [0.1, 0.15) is 11.5 Å². The van der Waals surface area contributed by atoms with Gasteiger partial charge in [0.15, 0.2) is 5.13 Å². The lowest BCUT2D eigenvalue weighted by Crippen LogP contribution is -2.39. The monoisotopic (exact) mass is 519 g/mol. The second-order valence-electron chi connectivity index (χ2n) is 7.47. The summed E-state index contributed by atoms with van der Waals surface area (Å²) in [7, 11) is 3.16. The van der Waals surface area contributed by atoms with Crippen LogP contribution in [0.1, 0.15) is 16.8 Å². The molecule has 2 aromatic carbocycles. The van der Waals surface area contributed by atoms with Crippen LogP contribution in [0.2, 0.25) is 0 Å². The number of hydrogen-bond acceptors (Lipinski definition) is 7. The Morgan fingerprint density at radius 1 is 1.16 bits per heavy atom. The highest BCUT2D eigenvalue weighted by molar-refractivity contribution is 9.10. The average molecular weight is 520 g/mol. The van der Waals surface area contributed by atoms with Crippen LogP contribution in [-0.4, -0.2) is 69.4 Å². The number of anilines is 1. The number of halogens is 1. The molecule has 1 amide bonds. The fraction of sp³-hybridized carbons (Fsp3) is 0.391. The number of fused-ring (bicyclic) bond motifs is 1. The van der Waals surface area contributed by atoms with Gasteiger partial charge in [-0.3, -0.25) is 14.6 Å². The minimum Gasteiger partial charge on any atom is -0.497 e. The van der Waals surface area contributed by atoms with Crippen LogP contribution in [0.3, 0.4) is 0 Å². The first-order valence-electron chi connectivity index (χ1n) is 10.5. The van der Waals surface area contributed by atoms with Crippen LogP contribution >= 0.6 is 27.3 Å². The van der Waals surface area contributed by atoms with Crippen molar-refractivity contribution in [1.82, 2.24) is 9.88 Å². The maximum Gasteiger partial charge on any atom is 0.260 e. The van der Waals surface area contributed by atoms with E-state index >= 15 is 0 Å². The molecule has 3 aromatic rings. The summed E-state index contributed by atoms with van der Waals surface area (Å²) < 4.78 is 18.2. The Bertz CT molecular complexity index is 1060. The normalized spacial score (nSPS) is 14.5. The molecule has 2 heterocycles. The van der Waals surface area contributed by atoms with E-state index in [-0.39, 0.29) is 5.91 Å². The lowest BCUT2D eigenvalue weighted by molar-refractivity contribution is 0.0376. The van der Waals surface area contributed by atoms with Crippen LogP contribution in [0.5, 0.6) is 11.5 Å². The van der Waals surface area contributed by atoms with Gasteiger partial charge in [-0.25, -0.2) is 4.98 Å². The fourth-order valence-electron chi connectivity index (χ4n) is 3.65. The molecule has 1 aliphatic rings. The molecule has 0 N–H and O–H groups in total. The Morgan fingerprint density at radius 2 is 1.88 bits per heavy atom. The number of carbonyl (C=O) groups is 1. The minimum atomic E-state index is -0.123. The summed E-state index contributed by atoms with van der Waals surface area (Å²) in [5.74, 6) is 1.03. The summed E-state index contributed by atoms with van der Waals surface area (Å²) >= 11 is 5.03. The third-order valence-corrected chi connectivity index (χ3v) is 6.91. The number of rotatable bonds is 8. The van der Waals surface area contributed by atoms with Crippen molar-refractivity contribution in [3.05, 3.63) is 46.4 Å². The molecule has 0 spiro atoms. The van der Waals surface area contributed by atoms with Crippen molar-refractivity contribution < 1.29 is 19.0 Å². The van der Waals surface area contributed by atoms with E-state index in [0.29, 0.717) is 28.7 Å². The first kappa shape index (κ1) is 23.0. The fourth-order valence-corrected chi connectivity index (χ4v) is 5.19. The highest BCUT2D eigenvalue weighted by Gasteiger charge is 2.23. The Balaban J connectivity index is 1.62. The Morgan fingerprint density at radius 3 is 2.56 bits per heavy atom. The number of carbonyl (C=O) groups excluding carboxylic acids is 1. The third kappa shape index (κ3) is 5.40. The number of methoxy groups -OCH3 is 2. The van der Waals surface area contributed by atoms with Gasteiger partial charge >= 0.3 is 0 Å². The summed E-state index contributed by atoms with van der Waals surface area (Å²) in [6.07, 6.45) is 0.840. The maximum absolute atomic E-state index is 13.6. The highest BCUT2D eigenvalue weighted by Crippen LogP contribution is 2.32. The van der Waals surface area contributed by atoms with Crippen molar-refractivity contribution in [2.24, 2.45) is 0 Å². The van der Waals surface area contributed by atoms with Gasteiger partial charge in [-0.05, 0) is 36.8 Å². The number of benzene rings is 2. The molecule has 0 unspecified atom stereocenters. The molecule has 0 radical (unpaired) electrons. The van der Waals surface area contributed by atoms with E-state index in [0.717, 1.165) is 54.0 Å². The molecule has 0 atom stereocenters. The zero-order valence-electron chi connectivity index (χ0n) is 18.2. The summed E-state index contributed by atoms with van der Waals surface area (Å²) in [5.41, 5.74) is 1.38. The van der Waals surface area contributed by atoms with Crippen LogP contribution in [0.25, 0.3) is 10.2 Å². The number of morpholine rings is 1. The second kappa shape index (κ2) is 10.6. The van der Waals surface area contributed by atoms with E-state index in [1.165, 1.54) is 11.3 Å². The van der Waals surface area contributed by atoms with Crippen LogP contribution in [0.4, 0.5) is 5.13 Å². The molecule has 4 rings (SSSR count). The summed E-state index contributed by atoms with van der Waals surface area (Å²) in [5, 5.41) is 0.687. The van der Waals surface area contributed by atoms with Crippen LogP contribution in [0.15, 0.2) is 40.9 Å². The van der Waals surface area contributed by atoms with Gasteiger partial charge in [-0.15, -0.1) is 0 Å². The Kier molecular flexibility index (Phi) is 7.62. The van der Waals surface area contributed by atoms with Gasteiger partial charge in [0.25, 0.3) is 5.91 Å². The van der Waals surface area contributed by atoms with E-state index < -0.39 is 0 Å². The van der Waals surface area contributed by atoms with E-state index in [1.54, 1.807) is 37.3 Å². The van der Waals surface area contributed by atoms with Gasteiger partial charge < -0.3 is 14.2 Å². The van der Waals surface area contributed by atoms with Gasteiger partial charge in [-0.1, -0.05) is 27.3 Å². The molecule has 1 aliphatic heterocycles. The number of thiazole rings is 1. The lowest BCUT2D eigenvalue weighted by Gasteiger charge is -2.27. The number of nitrogens with zero attached hydrogens (tertiary/aromatic N) is 3. The van der Waals surface area contributed by atoms with Crippen molar-refractivity contribution in [1.29, 1.82) is 0 Å². The summed E-state index contributed by atoms with van der Waals surface area (Å²) in [6.45, 7) is 4.85. The van der Waals surface area contributed by atoms with Crippen molar-refractivity contribution in [2.45, 2.75) is 6.42 Å². The molecule has 7 nitrogen and oxygen atoms in total. The van der Waals surface area contributed by atoms with E-state index in [4.69, 9.17) is 19.2 Å². The predicted octanol–water partition coefficient (Wildman–Crippen LogP) is 4.45. The molecular formula is C23H26BrN3O4S. The van der Waals surface area contributed by atoms with Gasteiger partial charge in [0.2, 0.25) is 0 Å². The molecule has 0 aliphatic carbocycles. The first-order valence-corrected chi connectivity index (χ1v) is 12.1. The Labute approximate surface area is 200 Å². The first-order chi connectivity index (χ1) is 15.6. The molecule has 32 heavy (non-hydrogen) atoms. The molecular weight excluding hydrogens is 494 g/mol. The van der Waals surface area contributed by atoms with Crippen LogP contribution in [-0.2, 0) is 4.74 Å². The summed E-state index contributed by atoms with van der Waals surface area (Å²) in [4.78, 5) is 22.5. The zero-order chi connectivity index (χ0) is 22.5. The van der Waals surface area contributed by atoms with Crippen molar-refractivity contribution >= 4 is 48.5 Å². The van der Waals surface area contributed by atoms with Crippen molar-refractivity contribution in [2.75, 3.05) is 58.5 Å². The number of aromatic nitrogens is 1. The Hall–Kier alpha value is -2.20. The number of ether oxygens (including phenoxy) is 3. The number of hydrogen-bond donors (Lipinski definition) is 0. The molecule has 9 heteroatoms. The van der Waals surface area contributed by atoms with Crippen LogP contribution < -0.4 is 14.4 Å². The smallest absolute Gasteiger partial charge is 0.260 e. The predicted molar refractivity (Wildman–Crippen MR) is 130 cm³/mol. The van der Waals surface area contributed by atoms with Gasteiger partial charge in [-0.2, -0.15) is 0 Å². The lowest BCUT2D eigenvalue weighted by atomic mass is 10.1. The quantitative estimate of drug-likeness (QED) is 0.438. The molecule has 1 fully saturated rings. The maximum atomic E-state index is 13.6. The van der Waals surface area contributed by atoms with Gasteiger partial charge in [0.05, 0.1) is 37.6 Å². The SMILES string of the molecule is COc1cc(OC)cc(C(=O)N(CCCN2CCOCC2)c2nc3ccc(Br)cc3s2)c1. The van der Waals surface area contributed by atoms with Crippen molar-refractivity contribution in [3.8, 4) is 11.5 Å². The topological polar surface area (TPSA) is 64.1 Å². The van der Waals surface area contributed by atoms with Gasteiger partial charge in [0, 0.05) is 42.3 Å². The highest BCUT2D eigenvalue weighted by atomic mass is 79.9. The van der Waals surface area contributed by atoms with E-state index in [9.17, 15) is 4.79 Å².